The minimum atomic E-state index is -1.52. The number of methoxy groups -OCH3 is 2. The van der Waals surface area contributed by atoms with Crippen LogP contribution in [0.25, 0.3) is 5.57 Å². The highest BCUT2D eigenvalue weighted by atomic mass is 16.5. The molecule has 9 nitrogen and oxygen atoms in total. The highest BCUT2D eigenvalue weighted by Gasteiger charge is 2.67. The molecule has 9 heteroatoms. The first kappa shape index (κ1) is 29.4. The molecule has 46 heavy (non-hydrogen) atoms. The van der Waals surface area contributed by atoms with Gasteiger partial charge in [0.15, 0.2) is 11.6 Å². The van der Waals surface area contributed by atoms with E-state index in [4.69, 9.17) is 9.47 Å². The van der Waals surface area contributed by atoms with Crippen molar-refractivity contribution in [2.75, 3.05) is 14.2 Å². The number of nitrogens with zero attached hydrogens (tertiary/aromatic N) is 1. The summed E-state index contributed by atoms with van der Waals surface area (Å²) in [5.41, 5.74) is 0.870. The van der Waals surface area contributed by atoms with Crippen molar-refractivity contribution < 1.29 is 38.6 Å². The second-order valence-corrected chi connectivity index (χ2v) is 12.2. The Morgan fingerprint density at radius 3 is 2.24 bits per heavy atom. The molecule has 1 saturated heterocycles. The summed E-state index contributed by atoms with van der Waals surface area (Å²) >= 11 is 0. The van der Waals surface area contributed by atoms with Gasteiger partial charge < -0.3 is 14.6 Å². The number of phenols is 1. The molecule has 7 rings (SSSR count). The lowest BCUT2D eigenvalue weighted by Gasteiger charge is -2.55. The van der Waals surface area contributed by atoms with Gasteiger partial charge in [0.1, 0.15) is 11.5 Å². The minimum absolute atomic E-state index is 0.0666. The van der Waals surface area contributed by atoms with Crippen LogP contribution in [-0.4, -0.2) is 53.7 Å². The Kier molecular flexibility index (Phi) is 6.99. The number of aromatic hydroxyl groups is 1. The van der Waals surface area contributed by atoms with Crippen molar-refractivity contribution >= 4 is 35.0 Å². The Morgan fingerprint density at radius 1 is 0.870 bits per heavy atom. The van der Waals surface area contributed by atoms with E-state index in [0.29, 0.717) is 32.9 Å². The number of benzene rings is 3. The zero-order valence-electron chi connectivity index (χ0n) is 25.2. The van der Waals surface area contributed by atoms with Crippen molar-refractivity contribution in [2.24, 2.45) is 23.7 Å². The van der Waals surface area contributed by atoms with Crippen LogP contribution in [0.4, 0.5) is 4.79 Å². The number of phenolic OH excluding ortho intramolecular Hbond substituents is 1. The first-order valence-corrected chi connectivity index (χ1v) is 15.2. The van der Waals surface area contributed by atoms with Gasteiger partial charge in [0.05, 0.1) is 31.5 Å². The van der Waals surface area contributed by atoms with Crippen molar-refractivity contribution in [1.82, 2.24) is 4.90 Å². The minimum Gasteiger partial charge on any atom is -0.508 e. The van der Waals surface area contributed by atoms with E-state index in [1.165, 1.54) is 19.3 Å². The van der Waals surface area contributed by atoms with Crippen molar-refractivity contribution in [3.05, 3.63) is 113 Å². The molecule has 0 spiro atoms. The first-order valence-electron chi connectivity index (χ1n) is 15.2. The van der Waals surface area contributed by atoms with Crippen molar-refractivity contribution in [1.29, 1.82) is 0 Å². The molecule has 1 saturated carbocycles. The molecule has 3 amide bonds. The highest BCUT2D eigenvalue weighted by molar-refractivity contribution is 6.31. The predicted molar refractivity (Wildman–Crippen MR) is 165 cm³/mol. The number of amides is 3. The molecule has 2 fully saturated rings. The second-order valence-electron chi connectivity index (χ2n) is 12.2. The molecule has 3 aromatic carbocycles. The SMILES string of the molecule is COC(=O)N1C(=O)[C@H]2[C@H](CC=C3[C@H]2C[C@H]2C(=O)C(c4ccccc4)=CC(=O)[C@@]2(c2ccccc2)[C@H]3c2c(O)cccc2OC)C1=O. The summed E-state index contributed by atoms with van der Waals surface area (Å²) in [7, 11) is 2.57. The molecule has 4 aliphatic rings. The topological polar surface area (TPSA) is 127 Å². The van der Waals surface area contributed by atoms with Gasteiger partial charge in [-0.1, -0.05) is 78.4 Å². The summed E-state index contributed by atoms with van der Waals surface area (Å²) in [5, 5.41) is 11.5. The van der Waals surface area contributed by atoms with Crippen LogP contribution in [-0.2, 0) is 29.3 Å². The van der Waals surface area contributed by atoms with Gasteiger partial charge in [-0.2, -0.15) is 4.90 Å². The van der Waals surface area contributed by atoms with Crippen LogP contribution in [0.5, 0.6) is 11.5 Å². The van der Waals surface area contributed by atoms with Gasteiger partial charge in [-0.3, -0.25) is 19.2 Å². The number of Topliss-reactive ketones (excluding diaryl/α,β-unsaturated/α-hetero) is 1. The molecule has 0 unspecified atom stereocenters. The standard InChI is InChI=1S/C37H31NO8/c1-45-28-15-9-14-27(39)31(28)32-22-16-17-23-30(35(43)38(34(23)42)36(44)46-2)25(22)18-26-33(41)24(20-10-5-3-6-11-20)19-29(40)37(26,32)21-12-7-4-8-13-21/h3-16,19,23,25-26,30,32,39H,17-18H2,1-2H3/t23-,25+,26-,30-,32+,37-/m0/s1. The van der Waals surface area contributed by atoms with Gasteiger partial charge in [0.25, 0.3) is 0 Å². The van der Waals surface area contributed by atoms with Crippen LogP contribution in [0.1, 0.15) is 35.4 Å². The number of imide groups is 3. The number of ether oxygens (including phenoxy) is 2. The zero-order valence-corrected chi connectivity index (χ0v) is 25.2. The quantitative estimate of drug-likeness (QED) is 0.321. The summed E-state index contributed by atoms with van der Waals surface area (Å²) in [6.07, 6.45) is 2.40. The highest BCUT2D eigenvalue weighted by Crippen LogP contribution is 2.65. The fourth-order valence-electron chi connectivity index (χ4n) is 8.46. The summed E-state index contributed by atoms with van der Waals surface area (Å²) < 4.78 is 10.6. The number of carbonyl (C=O) groups is 5. The Hall–Kier alpha value is -5.31. The third kappa shape index (κ3) is 3.97. The van der Waals surface area contributed by atoms with E-state index in [2.05, 4.69) is 0 Å². The van der Waals surface area contributed by atoms with E-state index in [9.17, 15) is 24.3 Å². The molecule has 3 aromatic rings. The fraction of sp³-hybridized carbons (Fsp3) is 0.270. The van der Waals surface area contributed by atoms with Gasteiger partial charge in [-0.25, -0.2) is 4.79 Å². The normalized spacial score (nSPS) is 28.5. The number of allylic oxidation sites excluding steroid dienone is 4. The Labute approximate surface area is 265 Å². The van der Waals surface area contributed by atoms with Crippen molar-refractivity contribution in [3.8, 4) is 11.5 Å². The molecule has 232 valence electrons. The maximum absolute atomic E-state index is 15.0. The van der Waals surface area contributed by atoms with E-state index in [-0.39, 0.29) is 35.7 Å². The molecular formula is C37H31NO8. The Balaban J connectivity index is 1.53. The molecule has 0 bridgehead atoms. The van der Waals surface area contributed by atoms with E-state index in [1.54, 1.807) is 48.5 Å². The van der Waals surface area contributed by atoms with Crippen LogP contribution < -0.4 is 4.74 Å². The molecule has 3 aliphatic carbocycles. The number of hydrogen-bond acceptors (Lipinski definition) is 8. The summed E-state index contributed by atoms with van der Waals surface area (Å²) in [5.74, 6) is -6.21. The van der Waals surface area contributed by atoms with E-state index >= 15 is 4.79 Å². The maximum atomic E-state index is 15.0. The molecule has 1 aliphatic heterocycles. The lowest BCUT2D eigenvalue weighted by atomic mass is 9.44. The van der Waals surface area contributed by atoms with Crippen LogP contribution in [0, 0.1) is 23.7 Å². The summed E-state index contributed by atoms with van der Waals surface area (Å²) in [4.78, 5) is 70.4. The van der Waals surface area contributed by atoms with E-state index in [0.717, 1.165) is 7.11 Å². The average Bonchev–Trinajstić information content (AvgIpc) is 3.34. The van der Waals surface area contributed by atoms with Crippen LogP contribution in [0.3, 0.4) is 0 Å². The third-order valence-corrected chi connectivity index (χ3v) is 10.3. The van der Waals surface area contributed by atoms with Gasteiger partial charge in [0.2, 0.25) is 11.8 Å². The zero-order chi connectivity index (χ0) is 32.3. The third-order valence-electron chi connectivity index (χ3n) is 10.3. The maximum Gasteiger partial charge on any atom is 0.423 e. The largest absolute Gasteiger partial charge is 0.508 e. The van der Waals surface area contributed by atoms with Crippen molar-refractivity contribution in [2.45, 2.75) is 24.2 Å². The molecule has 0 aromatic heterocycles. The number of fused-ring (bicyclic) bond motifs is 4. The predicted octanol–water partition coefficient (Wildman–Crippen LogP) is 4.99. The Morgan fingerprint density at radius 2 is 1.57 bits per heavy atom. The number of rotatable bonds is 4. The van der Waals surface area contributed by atoms with Gasteiger partial charge >= 0.3 is 6.09 Å². The number of carbonyl (C=O) groups excluding carboxylic acids is 5. The smallest absolute Gasteiger partial charge is 0.423 e. The Bertz CT molecular complexity index is 1860. The van der Waals surface area contributed by atoms with Crippen LogP contribution in [0.15, 0.2) is 96.6 Å². The monoisotopic (exact) mass is 617 g/mol. The number of ketones is 2. The van der Waals surface area contributed by atoms with Crippen molar-refractivity contribution in [3.63, 3.8) is 0 Å². The summed E-state index contributed by atoms with van der Waals surface area (Å²) in [6, 6.07) is 22.8. The molecule has 1 N–H and O–H groups in total. The van der Waals surface area contributed by atoms with Gasteiger partial charge in [-0.05, 0) is 48.1 Å². The molecule has 6 atom stereocenters. The molecular weight excluding hydrogens is 586 g/mol. The molecule has 1 heterocycles. The van der Waals surface area contributed by atoms with Gasteiger partial charge in [-0.15, -0.1) is 0 Å². The van der Waals surface area contributed by atoms with E-state index in [1.807, 2.05) is 30.3 Å². The second kappa shape index (κ2) is 10.9. The average molecular weight is 618 g/mol. The fourth-order valence-corrected chi connectivity index (χ4v) is 8.46. The van der Waals surface area contributed by atoms with E-state index < -0.39 is 52.9 Å². The summed E-state index contributed by atoms with van der Waals surface area (Å²) in [6.45, 7) is 0. The van der Waals surface area contributed by atoms with Crippen LogP contribution >= 0.6 is 0 Å². The molecule has 0 radical (unpaired) electrons. The number of hydrogen-bond donors (Lipinski definition) is 1. The first-order chi connectivity index (χ1) is 22.2. The lowest BCUT2D eigenvalue weighted by Crippen LogP contribution is -2.59. The van der Waals surface area contributed by atoms with Crippen LogP contribution in [0.2, 0.25) is 0 Å². The lowest BCUT2D eigenvalue weighted by molar-refractivity contribution is -0.138. The number of likely N-dealkylation sites (tertiary alicyclic amines) is 1. The van der Waals surface area contributed by atoms with Gasteiger partial charge in [0, 0.05) is 23.0 Å².